The number of ether oxygens (including phenoxy) is 2. The Balaban J connectivity index is 2.02. The van der Waals surface area contributed by atoms with Crippen LogP contribution in [0, 0.1) is 0 Å². The minimum absolute atomic E-state index is 0.133. The molecule has 0 aromatic heterocycles. The lowest BCUT2D eigenvalue weighted by Crippen LogP contribution is -2.60. The summed E-state index contributed by atoms with van der Waals surface area (Å²) >= 11 is 0. The van der Waals surface area contributed by atoms with Crippen molar-refractivity contribution in [2.24, 2.45) is 0 Å². The molecule has 1 rings (SSSR count). The topological polar surface area (TPSA) is 149 Å². The van der Waals surface area contributed by atoms with Crippen molar-refractivity contribution in [2.45, 2.75) is 474 Å². The fourth-order valence-electron chi connectivity index (χ4n) is 13.8. The minimum Gasteiger partial charge on any atom is -0.394 e. The van der Waals surface area contributed by atoms with Crippen LogP contribution >= 0.6 is 0 Å². The highest BCUT2D eigenvalue weighted by molar-refractivity contribution is 5.76. The lowest BCUT2D eigenvalue weighted by Gasteiger charge is -2.40. The Bertz CT molecular complexity index is 1630. The summed E-state index contributed by atoms with van der Waals surface area (Å²) in [5, 5.41) is 55.2. The van der Waals surface area contributed by atoms with Crippen LogP contribution in [-0.2, 0) is 14.3 Å². The van der Waals surface area contributed by atoms with Crippen LogP contribution in [0.3, 0.4) is 0 Å². The molecule has 0 saturated carbocycles. The van der Waals surface area contributed by atoms with Crippen LogP contribution in [0.4, 0.5) is 0 Å². The number of hydrogen-bond donors (Lipinski definition) is 6. The van der Waals surface area contributed by atoms with Gasteiger partial charge in [0.25, 0.3) is 0 Å². The number of carbonyl (C=O) groups is 1. The predicted octanol–water partition coefficient (Wildman–Crippen LogP) is 24.3. The highest BCUT2D eigenvalue weighted by atomic mass is 16.7. The normalized spacial score (nSPS) is 17.7. The molecule has 7 atom stereocenters. The van der Waals surface area contributed by atoms with E-state index in [1.54, 1.807) is 0 Å². The van der Waals surface area contributed by atoms with Crippen LogP contribution in [0.25, 0.3) is 0 Å². The fraction of sp³-hybridized carbons (Fsp3) is 0.894. The lowest BCUT2D eigenvalue weighted by molar-refractivity contribution is -0.302. The molecule has 1 saturated heterocycles. The number of allylic oxidation sites excluding steroid dienone is 8. The molecule has 7 unspecified atom stereocenters. The molecule has 9 heteroatoms. The molecule has 1 heterocycles. The van der Waals surface area contributed by atoms with Crippen molar-refractivity contribution >= 4 is 5.91 Å². The monoisotopic (exact) mass is 1320 g/mol. The first-order valence-corrected chi connectivity index (χ1v) is 41.8. The van der Waals surface area contributed by atoms with Crippen LogP contribution in [0.1, 0.15) is 431 Å². The van der Waals surface area contributed by atoms with Gasteiger partial charge < -0.3 is 40.3 Å². The molecule has 0 aromatic carbocycles. The van der Waals surface area contributed by atoms with E-state index in [4.69, 9.17) is 9.47 Å². The number of unbranched alkanes of at least 4 members (excludes halogenated alkanes) is 57. The van der Waals surface area contributed by atoms with Gasteiger partial charge in [0, 0.05) is 6.42 Å². The van der Waals surface area contributed by atoms with E-state index < -0.39 is 49.5 Å². The van der Waals surface area contributed by atoms with Crippen LogP contribution in [0.15, 0.2) is 48.6 Å². The zero-order valence-corrected chi connectivity index (χ0v) is 62.5. The summed E-state index contributed by atoms with van der Waals surface area (Å²) in [4.78, 5) is 13.2. The minimum atomic E-state index is -1.55. The van der Waals surface area contributed by atoms with Gasteiger partial charge in [0.05, 0.1) is 25.4 Å². The molecule has 0 spiro atoms. The Morgan fingerprint density at radius 1 is 0.372 bits per heavy atom. The number of rotatable bonds is 75. The van der Waals surface area contributed by atoms with E-state index in [0.29, 0.717) is 12.8 Å². The fourth-order valence-corrected chi connectivity index (χ4v) is 13.8. The molecule has 6 N–H and O–H groups in total. The third-order valence-corrected chi connectivity index (χ3v) is 20.2. The third kappa shape index (κ3) is 61.3. The summed E-state index contributed by atoms with van der Waals surface area (Å²) in [5.41, 5.74) is 0. The number of nitrogens with one attached hydrogen (secondary N) is 1. The molecular formula is C85H161NO8. The quantitative estimate of drug-likeness (QED) is 0.0261. The van der Waals surface area contributed by atoms with Gasteiger partial charge in [-0.15, -0.1) is 0 Å². The second-order valence-corrected chi connectivity index (χ2v) is 29.3. The van der Waals surface area contributed by atoms with E-state index in [-0.39, 0.29) is 12.5 Å². The molecule has 94 heavy (non-hydrogen) atoms. The van der Waals surface area contributed by atoms with Crippen LogP contribution < -0.4 is 5.32 Å². The summed E-state index contributed by atoms with van der Waals surface area (Å²) in [7, 11) is 0. The molecule has 1 amide bonds. The number of carbonyl (C=O) groups excluding carboxylic acids is 1. The predicted molar refractivity (Wildman–Crippen MR) is 406 cm³/mol. The van der Waals surface area contributed by atoms with Gasteiger partial charge in [0.2, 0.25) is 5.91 Å². The Hall–Kier alpha value is -1.85. The Labute approximate surface area is 584 Å². The van der Waals surface area contributed by atoms with Crippen molar-refractivity contribution in [1.29, 1.82) is 0 Å². The SMILES string of the molecule is CC/C=C\C/C=C\C/C=C\C/C=C\CCCCCCCCCCCCCCCCCCCCCCCCCCCCC(=O)NC(COC1OC(CO)C(O)C(O)C1O)C(O)CCCCCCCCCCCCCCCCCCCCCCCCCCCCCCCCCC. The second kappa shape index (κ2) is 73.9. The maximum atomic E-state index is 13.2. The Morgan fingerprint density at radius 2 is 0.660 bits per heavy atom. The van der Waals surface area contributed by atoms with Crippen molar-refractivity contribution in [3.05, 3.63) is 48.6 Å². The van der Waals surface area contributed by atoms with Crippen molar-refractivity contribution in [3.8, 4) is 0 Å². The molecule has 0 aliphatic carbocycles. The number of amides is 1. The number of aliphatic hydroxyl groups excluding tert-OH is 5. The molecule has 554 valence electrons. The number of hydrogen-bond acceptors (Lipinski definition) is 8. The summed E-state index contributed by atoms with van der Waals surface area (Å²) < 4.78 is 11.4. The third-order valence-electron chi connectivity index (χ3n) is 20.2. The number of aliphatic hydroxyl groups is 5. The smallest absolute Gasteiger partial charge is 0.220 e. The maximum absolute atomic E-state index is 13.2. The van der Waals surface area contributed by atoms with E-state index in [1.807, 2.05) is 0 Å². The van der Waals surface area contributed by atoms with E-state index >= 15 is 0 Å². The average molecular weight is 1330 g/mol. The molecule has 0 bridgehead atoms. The van der Waals surface area contributed by atoms with Gasteiger partial charge >= 0.3 is 0 Å². The molecular weight excluding hydrogens is 1160 g/mol. The summed E-state index contributed by atoms with van der Waals surface area (Å²) in [6.45, 7) is 3.79. The standard InChI is InChI=1S/C85H161NO8/c1-3-5-7-9-11-13-15-17-19-21-23-25-27-29-31-33-35-37-38-39-40-41-42-43-45-47-49-51-53-55-57-59-61-63-65-67-69-71-73-75-81(89)86-78(77-93-85-84(92)83(91)82(90)80(76-87)94-85)79(88)74-72-70-68-66-64-62-60-58-56-54-52-50-48-46-44-36-34-32-30-28-26-24-22-20-18-16-14-12-10-8-6-4-2/h5,7,11,13,17,19,23,25,78-80,82-85,87-88,90-92H,3-4,6,8-10,12,14-16,18,20-22,24,26-77H2,1-2H3,(H,86,89)/b7-5-,13-11-,19-17-,25-23-. The largest absolute Gasteiger partial charge is 0.394 e. The van der Waals surface area contributed by atoms with E-state index in [1.165, 1.54) is 340 Å². The molecule has 1 aliphatic rings. The van der Waals surface area contributed by atoms with Crippen molar-refractivity contribution in [3.63, 3.8) is 0 Å². The van der Waals surface area contributed by atoms with Crippen molar-refractivity contribution in [2.75, 3.05) is 13.2 Å². The molecule has 9 nitrogen and oxygen atoms in total. The zero-order valence-electron chi connectivity index (χ0n) is 62.5. The van der Waals surface area contributed by atoms with Crippen LogP contribution in [0.5, 0.6) is 0 Å². The van der Waals surface area contributed by atoms with E-state index in [2.05, 4.69) is 67.8 Å². The zero-order chi connectivity index (χ0) is 67.8. The maximum Gasteiger partial charge on any atom is 0.220 e. The van der Waals surface area contributed by atoms with E-state index in [0.717, 1.165) is 64.2 Å². The van der Waals surface area contributed by atoms with Crippen molar-refractivity contribution in [1.82, 2.24) is 5.32 Å². The summed E-state index contributed by atoms with van der Waals surface area (Å²) in [6.07, 6.45) is 95.3. The average Bonchev–Trinajstić information content (AvgIpc) is 0.829. The summed E-state index contributed by atoms with van der Waals surface area (Å²) in [5.74, 6) is -0.134. The Morgan fingerprint density at radius 3 is 0.979 bits per heavy atom. The van der Waals surface area contributed by atoms with Gasteiger partial charge in [-0.05, 0) is 51.4 Å². The Kier molecular flexibility index (Phi) is 70.8. The molecule has 0 radical (unpaired) electrons. The molecule has 0 aromatic rings. The highest BCUT2D eigenvalue weighted by Gasteiger charge is 2.44. The first-order chi connectivity index (χ1) is 46.3. The van der Waals surface area contributed by atoms with Crippen LogP contribution in [-0.4, -0.2) is 87.5 Å². The first-order valence-electron chi connectivity index (χ1n) is 41.8. The van der Waals surface area contributed by atoms with Gasteiger partial charge in [0.1, 0.15) is 24.4 Å². The van der Waals surface area contributed by atoms with Gasteiger partial charge in [-0.3, -0.25) is 4.79 Å². The molecule has 1 fully saturated rings. The van der Waals surface area contributed by atoms with E-state index in [9.17, 15) is 30.3 Å². The highest BCUT2D eigenvalue weighted by Crippen LogP contribution is 2.25. The molecule has 1 aliphatic heterocycles. The van der Waals surface area contributed by atoms with Gasteiger partial charge in [-0.1, -0.05) is 422 Å². The van der Waals surface area contributed by atoms with Gasteiger partial charge in [0.15, 0.2) is 6.29 Å². The van der Waals surface area contributed by atoms with Crippen molar-refractivity contribution < 1.29 is 39.8 Å². The van der Waals surface area contributed by atoms with Gasteiger partial charge in [-0.2, -0.15) is 0 Å². The lowest BCUT2D eigenvalue weighted by atomic mass is 9.99. The first kappa shape index (κ1) is 90.2. The second-order valence-electron chi connectivity index (χ2n) is 29.3. The van der Waals surface area contributed by atoms with Crippen LogP contribution in [0.2, 0.25) is 0 Å². The summed E-state index contributed by atoms with van der Waals surface area (Å²) in [6, 6.07) is -0.720. The van der Waals surface area contributed by atoms with Gasteiger partial charge in [-0.25, -0.2) is 0 Å².